The van der Waals surface area contributed by atoms with E-state index >= 15 is 0 Å². The zero-order chi connectivity index (χ0) is 12.5. The first kappa shape index (κ1) is 17.3. The third-order valence-electron chi connectivity index (χ3n) is 2.04. The quantitative estimate of drug-likeness (QED) is 0.442. The minimum atomic E-state index is -0.749. The summed E-state index contributed by atoms with van der Waals surface area (Å²) in [5.41, 5.74) is 0. The molecule has 1 aromatic rings. The fourth-order valence-corrected chi connectivity index (χ4v) is 1.09. The van der Waals surface area contributed by atoms with Crippen LogP contribution in [0.2, 0.25) is 0 Å². The van der Waals surface area contributed by atoms with E-state index in [1.165, 1.54) is 4.90 Å². The van der Waals surface area contributed by atoms with E-state index in [0.717, 1.165) is 0 Å². The second kappa shape index (κ2) is 10.2. The van der Waals surface area contributed by atoms with E-state index in [4.69, 9.17) is 0 Å². The number of carbonyl (C=O) groups excluding carboxylic acids is 2. The molecule has 1 aliphatic rings. The van der Waals surface area contributed by atoms with Gasteiger partial charge in [-0.1, -0.05) is 0 Å². The van der Waals surface area contributed by atoms with Crippen molar-refractivity contribution in [1.29, 1.82) is 0 Å². The largest absolute Gasteiger partial charge is 0.459 e. The zero-order valence-corrected chi connectivity index (χ0v) is 13.2. The van der Waals surface area contributed by atoms with Gasteiger partial charge in [0, 0.05) is 32.7 Å². The van der Waals surface area contributed by atoms with Gasteiger partial charge in [-0.25, -0.2) is 4.79 Å². The van der Waals surface area contributed by atoms with Crippen LogP contribution in [0.4, 0.5) is 0 Å². The molecule has 1 saturated heterocycles. The van der Waals surface area contributed by atoms with Crippen LogP contribution in [0.15, 0.2) is 30.3 Å². The molecule has 0 aliphatic carbocycles. The molecule has 1 heterocycles. The molecule has 1 aliphatic heterocycles. The molecular weight excluding hydrogens is 307 g/mol. The third kappa shape index (κ3) is 6.27. The molecule has 0 spiro atoms. The van der Waals surface area contributed by atoms with Gasteiger partial charge in [0.15, 0.2) is 0 Å². The summed E-state index contributed by atoms with van der Waals surface area (Å²) in [6.07, 6.45) is 1.91. The van der Waals surface area contributed by atoms with E-state index in [9.17, 15) is 9.59 Å². The first-order valence-electron chi connectivity index (χ1n) is 5.44. The molecule has 5 heteroatoms. The molecule has 0 saturated carbocycles. The molecule has 95 valence electrons. The van der Waals surface area contributed by atoms with Crippen LogP contribution in [-0.2, 0) is 47.0 Å². The van der Waals surface area contributed by atoms with Gasteiger partial charge < -0.3 is 9.64 Å². The van der Waals surface area contributed by atoms with Gasteiger partial charge in [0.1, 0.15) is 0 Å². The van der Waals surface area contributed by atoms with Crippen molar-refractivity contribution in [2.75, 3.05) is 19.7 Å². The van der Waals surface area contributed by atoms with Crippen LogP contribution in [0.3, 0.4) is 0 Å². The summed E-state index contributed by atoms with van der Waals surface area (Å²) >= 11 is 0. The summed E-state index contributed by atoms with van der Waals surface area (Å²) in [5.74, 6) is -1.28. The van der Waals surface area contributed by atoms with Gasteiger partial charge in [-0.2, -0.15) is 36.4 Å². The molecule has 2 rings (SSSR count). The van der Waals surface area contributed by atoms with Crippen LogP contribution in [0.25, 0.3) is 0 Å². The number of esters is 1. The molecule has 0 aromatic heterocycles. The topological polar surface area (TPSA) is 46.6 Å². The van der Waals surface area contributed by atoms with Gasteiger partial charge in [-0.3, -0.25) is 11.2 Å². The number of nitrogens with zero attached hydrogens (tertiary/aromatic N) is 1. The molecule has 18 heavy (non-hydrogen) atoms. The average molecular weight is 322 g/mol. The van der Waals surface area contributed by atoms with Gasteiger partial charge in [0.05, 0.1) is 6.61 Å². The number of amides is 1. The Morgan fingerprint density at radius 2 is 1.89 bits per heavy atom. The third-order valence-corrected chi connectivity index (χ3v) is 2.04. The molecule has 0 N–H and O–H groups in total. The van der Waals surface area contributed by atoms with Crippen molar-refractivity contribution in [3.63, 3.8) is 0 Å². The molecule has 0 bridgehead atoms. The van der Waals surface area contributed by atoms with Crippen LogP contribution < -0.4 is 0 Å². The molecule has 1 amide bonds. The van der Waals surface area contributed by atoms with Crippen molar-refractivity contribution in [3.8, 4) is 0 Å². The second-order valence-corrected chi connectivity index (χ2v) is 3.30. The summed E-state index contributed by atoms with van der Waals surface area (Å²) in [7, 11) is 0. The predicted molar refractivity (Wildman–Crippen MR) is 62.8 cm³/mol. The number of ether oxygens (including phenoxy) is 1. The molecule has 4 nitrogen and oxygen atoms in total. The molecule has 1 radical (unpaired) electrons. The first-order valence-corrected chi connectivity index (χ1v) is 5.44. The Kier molecular flexibility index (Phi) is 9.79. The van der Waals surface area contributed by atoms with Crippen molar-refractivity contribution in [1.82, 2.24) is 4.90 Å². The Labute approximate surface area is 133 Å². The van der Waals surface area contributed by atoms with E-state index in [-0.39, 0.29) is 39.3 Å². The van der Waals surface area contributed by atoms with Gasteiger partial charge in [-0.15, -0.1) is 13.1 Å². The predicted octanol–water partition coefficient (Wildman–Crippen LogP) is 1.08. The van der Waals surface area contributed by atoms with E-state index in [1.54, 1.807) is 6.92 Å². The smallest absolute Gasteiger partial charge is 0.396 e. The zero-order valence-electron chi connectivity index (χ0n) is 10.3. The number of carbonyl (C=O) groups is 2. The minimum Gasteiger partial charge on any atom is -0.459 e. The van der Waals surface area contributed by atoms with Crippen LogP contribution in [0.1, 0.15) is 6.92 Å². The summed E-state index contributed by atoms with van der Waals surface area (Å²) in [6, 6.07) is 12.5. The number of likely N-dealkylation sites (tertiary alicyclic amines) is 1. The minimum absolute atomic E-state index is 0. The summed E-state index contributed by atoms with van der Waals surface area (Å²) in [4.78, 5) is 23.1. The number of hydrogen-bond acceptors (Lipinski definition) is 3. The Hall–Kier alpha value is -0.736. The van der Waals surface area contributed by atoms with E-state index in [1.807, 2.05) is 36.8 Å². The maximum absolute atomic E-state index is 10.9. The average Bonchev–Trinajstić information content (AvgIpc) is 2.30. The fourth-order valence-electron chi connectivity index (χ4n) is 1.09. The number of benzene rings is 1. The Balaban J connectivity index is 0.000000352. The van der Waals surface area contributed by atoms with Gasteiger partial charge in [-0.05, 0) is 6.92 Å². The second-order valence-electron chi connectivity index (χ2n) is 3.30. The van der Waals surface area contributed by atoms with Crippen molar-refractivity contribution in [3.05, 3.63) is 42.8 Å². The summed E-state index contributed by atoms with van der Waals surface area (Å²) < 4.78 is 4.52. The number of rotatable bonds is 1. The van der Waals surface area contributed by atoms with Crippen molar-refractivity contribution in [2.24, 2.45) is 0 Å². The SMILES string of the molecule is CCOC(=O)C(=O)N1C[CH-]C1.[Y].[c-]1ccccc1. The standard InChI is InChI=1S/C7H10NO3.C6H5.Y/c1-2-11-7(10)6(9)8-4-3-5-8;1-2-4-6-5-3-1;/h3H,2,4-5H2,1H3;1-5H;/q2*-1;. The van der Waals surface area contributed by atoms with Crippen molar-refractivity contribution in [2.45, 2.75) is 6.92 Å². The van der Waals surface area contributed by atoms with E-state index in [2.05, 4.69) is 10.8 Å². The van der Waals surface area contributed by atoms with E-state index in [0.29, 0.717) is 13.1 Å². The summed E-state index contributed by atoms with van der Waals surface area (Å²) in [6.45, 7) is 3.06. The molecule has 0 atom stereocenters. The molecular formula is C13H15NO3Y-2. The van der Waals surface area contributed by atoms with Gasteiger partial charge >= 0.3 is 11.9 Å². The Morgan fingerprint density at radius 3 is 2.17 bits per heavy atom. The van der Waals surface area contributed by atoms with Crippen LogP contribution in [-0.4, -0.2) is 36.5 Å². The van der Waals surface area contributed by atoms with Crippen molar-refractivity contribution < 1.29 is 47.0 Å². The van der Waals surface area contributed by atoms with E-state index < -0.39 is 11.9 Å². The number of hydrogen-bond donors (Lipinski definition) is 0. The maximum atomic E-state index is 10.9. The van der Waals surface area contributed by atoms with Crippen molar-refractivity contribution >= 4 is 11.9 Å². The monoisotopic (exact) mass is 322 g/mol. The first-order chi connectivity index (χ1) is 8.25. The van der Waals surface area contributed by atoms with Crippen LogP contribution in [0.5, 0.6) is 0 Å². The molecule has 1 fully saturated rings. The maximum Gasteiger partial charge on any atom is 0.396 e. The van der Waals surface area contributed by atoms with Gasteiger partial charge in [0.25, 0.3) is 0 Å². The molecule has 1 aromatic carbocycles. The fraction of sp³-hybridized carbons (Fsp3) is 0.308. The summed E-state index contributed by atoms with van der Waals surface area (Å²) in [5, 5.41) is 0. The van der Waals surface area contributed by atoms with Crippen LogP contribution >= 0.6 is 0 Å². The molecule has 0 unspecified atom stereocenters. The Bertz CT molecular complexity index is 326. The van der Waals surface area contributed by atoms with Gasteiger partial charge in [0.2, 0.25) is 0 Å². The van der Waals surface area contributed by atoms with Crippen LogP contribution in [0, 0.1) is 12.5 Å². The Morgan fingerprint density at radius 1 is 1.28 bits per heavy atom. The normalized spacial score (nSPS) is 12.2.